The summed E-state index contributed by atoms with van der Waals surface area (Å²) in [6, 6.07) is 9.41. The first kappa shape index (κ1) is 21.8. The molecule has 2 aromatic rings. The average molecular weight is 430 g/mol. The number of likely N-dealkylation sites (N-methyl/N-ethyl adjacent to an activating group) is 1. The summed E-state index contributed by atoms with van der Waals surface area (Å²) < 4.78 is 27.7. The van der Waals surface area contributed by atoms with Crippen LogP contribution in [0.3, 0.4) is 0 Å². The van der Waals surface area contributed by atoms with Crippen LogP contribution in [-0.4, -0.2) is 44.8 Å². The van der Waals surface area contributed by atoms with Gasteiger partial charge in [0.2, 0.25) is 10.0 Å². The van der Waals surface area contributed by atoms with E-state index in [1.807, 2.05) is 31.2 Å². The zero-order valence-corrected chi connectivity index (χ0v) is 17.6. The largest absolute Gasteiger partial charge is 0.350 e. The number of benzene rings is 1. The third-order valence-electron chi connectivity index (χ3n) is 4.39. The Balaban J connectivity index is 0.00000261. The molecule has 3 rings (SSSR count). The second kappa shape index (κ2) is 9.66. The van der Waals surface area contributed by atoms with Crippen molar-refractivity contribution in [1.82, 2.24) is 14.9 Å². The van der Waals surface area contributed by atoms with Gasteiger partial charge in [0.1, 0.15) is 9.77 Å². The van der Waals surface area contributed by atoms with Gasteiger partial charge in [0.25, 0.3) is 5.91 Å². The van der Waals surface area contributed by atoms with E-state index in [9.17, 15) is 13.2 Å². The second-order valence-corrected chi connectivity index (χ2v) is 8.90. The van der Waals surface area contributed by atoms with Crippen LogP contribution in [0, 0.1) is 0 Å². The van der Waals surface area contributed by atoms with Crippen molar-refractivity contribution in [1.29, 1.82) is 0 Å². The Morgan fingerprint density at radius 2 is 1.93 bits per heavy atom. The van der Waals surface area contributed by atoms with E-state index in [0.29, 0.717) is 32.6 Å². The number of sulfonamides is 1. The Bertz CT molecular complexity index is 883. The molecule has 1 aliphatic rings. The maximum Gasteiger partial charge on any atom is 0.262 e. The van der Waals surface area contributed by atoms with E-state index in [1.165, 1.54) is 15.9 Å². The SMILES string of the molecule is CCNCCNC(=O)c1sccc1S(=O)(=O)N1CCc2ccccc2C1.Cl. The predicted molar refractivity (Wildman–Crippen MR) is 110 cm³/mol. The lowest BCUT2D eigenvalue weighted by molar-refractivity contribution is 0.0955. The third kappa shape index (κ3) is 4.89. The molecule has 0 fully saturated rings. The maximum absolute atomic E-state index is 13.1. The second-order valence-electron chi connectivity index (χ2n) is 6.08. The molecule has 1 aliphatic heterocycles. The normalized spacial score (nSPS) is 14.3. The molecule has 1 aromatic carbocycles. The molecule has 0 atom stereocenters. The lowest BCUT2D eigenvalue weighted by Crippen LogP contribution is -2.37. The highest BCUT2D eigenvalue weighted by atomic mass is 35.5. The van der Waals surface area contributed by atoms with Gasteiger partial charge in [-0.1, -0.05) is 31.2 Å². The van der Waals surface area contributed by atoms with Crippen molar-refractivity contribution in [3.05, 3.63) is 51.7 Å². The Hall–Kier alpha value is -1.45. The molecule has 1 aromatic heterocycles. The molecular formula is C18H24ClN3O3S2. The molecular weight excluding hydrogens is 406 g/mol. The number of thiophene rings is 1. The number of fused-ring (bicyclic) bond motifs is 1. The Morgan fingerprint density at radius 1 is 1.19 bits per heavy atom. The summed E-state index contributed by atoms with van der Waals surface area (Å²) in [5.41, 5.74) is 2.21. The Morgan fingerprint density at radius 3 is 2.67 bits per heavy atom. The number of amides is 1. The number of carbonyl (C=O) groups is 1. The maximum atomic E-state index is 13.1. The van der Waals surface area contributed by atoms with Crippen molar-refractivity contribution in [2.75, 3.05) is 26.2 Å². The fourth-order valence-corrected chi connectivity index (χ4v) is 5.74. The zero-order chi connectivity index (χ0) is 18.6. The standard InChI is InChI=1S/C18H23N3O3S2.ClH/c1-2-19-9-10-20-18(22)17-16(8-12-25-17)26(23,24)21-11-7-14-5-3-4-6-15(14)13-21;/h3-6,8,12,19H,2,7,9-11,13H2,1H3,(H,20,22);1H. The van der Waals surface area contributed by atoms with Gasteiger partial charge in [-0.15, -0.1) is 23.7 Å². The molecule has 0 aliphatic carbocycles. The lowest BCUT2D eigenvalue weighted by Gasteiger charge is -2.28. The van der Waals surface area contributed by atoms with Crippen molar-refractivity contribution in [2.45, 2.75) is 24.8 Å². The van der Waals surface area contributed by atoms with Crippen molar-refractivity contribution < 1.29 is 13.2 Å². The Labute approximate surface area is 170 Å². The molecule has 0 unspecified atom stereocenters. The number of hydrogen-bond acceptors (Lipinski definition) is 5. The zero-order valence-electron chi connectivity index (χ0n) is 15.1. The first-order valence-corrected chi connectivity index (χ1v) is 11.0. The number of halogens is 1. The van der Waals surface area contributed by atoms with Crippen LogP contribution in [0.5, 0.6) is 0 Å². The Kier molecular flexibility index (Phi) is 7.81. The highest BCUT2D eigenvalue weighted by molar-refractivity contribution is 7.89. The van der Waals surface area contributed by atoms with Crippen molar-refractivity contribution >= 4 is 39.7 Å². The van der Waals surface area contributed by atoms with E-state index >= 15 is 0 Å². The summed E-state index contributed by atoms with van der Waals surface area (Å²) in [6.45, 7) is 4.69. The molecule has 0 saturated heterocycles. The monoisotopic (exact) mass is 429 g/mol. The lowest BCUT2D eigenvalue weighted by atomic mass is 10.0. The number of nitrogens with zero attached hydrogens (tertiary/aromatic N) is 1. The fourth-order valence-electron chi connectivity index (χ4n) is 3.00. The van der Waals surface area contributed by atoms with Crippen molar-refractivity contribution in [3.63, 3.8) is 0 Å². The van der Waals surface area contributed by atoms with Gasteiger partial charge in [-0.2, -0.15) is 4.31 Å². The van der Waals surface area contributed by atoms with Gasteiger partial charge in [0.05, 0.1) is 0 Å². The van der Waals surface area contributed by atoms with E-state index in [4.69, 9.17) is 0 Å². The number of carbonyl (C=O) groups excluding carboxylic acids is 1. The minimum Gasteiger partial charge on any atom is -0.350 e. The molecule has 1 amide bonds. The van der Waals surface area contributed by atoms with E-state index in [-0.39, 0.29) is 28.1 Å². The van der Waals surface area contributed by atoms with Crippen LogP contribution in [-0.2, 0) is 23.0 Å². The molecule has 0 bridgehead atoms. The predicted octanol–water partition coefficient (Wildman–Crippen LogP) is 2.26. The minimum atomic E-state index is -3.71. The summed E-state index contributed by atoms with van der Waals surface area (Å²) in [7, 11) is -3.71. The highest BCUT2D eigenvalue weighted by Gasteiger charge is 2.32. The summed E-state index contributed by atoms with van der Waals surface area (Å²) in [4.78, 5) is 12.8. The van der Waals surface area contributed by atoms with E-state index in [1.54, 1.807) is 5.38 Å². The van der Waals surface area contributed by atoms with Crippen LogP contribution in [0.15, 0.2) is 40.6 Å². The van der Waals surface area contributed by atoms with Gasteiger partial charge < -0.3 is 10.6 Å². The third-order valence-corrected chi connectivity index (χ3v) is 7.32. The van der Waals surface area contributed by atoms with Gasteiger partial charge in [-0.3, -0.25) is 4.79 Å². The molecule has 0 radical (unpaired) electrons. The molecule has 2 heterocycles. The minimum absolute atomic E-state index is 0. The van der Waals surface area contributed by atoms with Crippen LogP contribution in [0.1, 0.15) is 27.7 Å². The van der Waals surface area contributed by atoms with Crippen molar-refractivity contribution in [2.24, 2.45) is 0 Å². The summed E-state index contributed by atoms with van der Waals surface area (Å²) in [5, 5.41) is 7.55. The van der Waals surface area contributed by atoms with Gasteiger partial charge in [0, 0.05) is 26.2 Å². The molecule has 2 N–H and O–H groups in total. The summed E-state index contributed by atoms with van der Waals surface area (Å²) >= 11 is 1.16. The van der Waals surface area contributed by atoms with Crippen LogP contribution < -0.4 is 10.6 Å². The van der Waals surface area contributed by atoms with Crippen molar-refractivity contribution in [3.8, 4) is 0 Å². The molecule has 148 valence electrons. The molecule has 6 nitrogen and oxygen atoms in total. The van der Waals surface area contributed by atoms with E-state index in [0.717, 1.165) is 23.4 Å². The van der Waals surface area contributed by atoms with Gasteiger partial charge in [-0.25, -0.2) is 8.42 Å². The quantitative estimate of drug-likeness (QED) is 0.662. The molecule has 9 heteroatoms. The molecule has 0 spiro atoms. The highest BCUT2D eigenvalue weighted by Crippen LogP contribution is 2.29. The first-order valence-electron chi connectivity index (χ1n) is 8.67. The average Bonchev–Trinajstić information content (AvgIpc) is 3.15. The van der Waals surface area contributed by atoms with Gasteiger partial charge in [0.15, 0.2) is 0 Å². The first-order chi connectivity index (χ1) is 12.5. The van der Waals surface area contributed by atoms with Crippen LogP contribution in [0.2, 0.25) is 0 Å². The van der Waals surface area contributed by atoms with Gasteiger partial charge >= 0.3 is 0 Å². The summed E-state index contributed by atoms with van der Waals surface area (Å²) in [6.07, 6.45) is 0.684. The fraction of sp³-hybridized carbons (Fsp3) is 0.389. The van der Waals surface area contributed by atoms with Crippen LogP contribution >= 0.6 is 23.7 Å². The number of nitrogens with one attached hydrogen (secondary N) is 2. The summed E-state index contributed by atoms with van der Waals surface area (Å²) in [5.74, 6) is -0.339. The van der Waals surface area contributed by atoms with Gasteiger partial charge in [-0.05, 0) is 35.5 Å². The van der Waals surface area contributed by atoms with E-state index in [2.05, 4.69) is 10.6 Å². The number of hydrogen-bond donors (Lipinski definition) is 2. The smallest absolute Gasteiger partial charge is 0.262 e. The van der Waals surface area contributed by atoms with Crippen LogP contribution in [0.25, 0.3) is 0 Å². The molecule has 27 heavy (non-hydrogen) atoms. The number of rotatable bonds is 7. The molecule has 0 saturated carbocycles. The van der Waals surface area contributed by atoms with E-state index < -0.39 is 10.0 Å². The topological polar surface area (TPSA) is 78.5 Å². The van der Waals surface area contributed by atoms with Crippen LogP contribution in [0.4, 0.5) is 0 Å².